The molecule has 4 heteroatoms. The molecule has 0 radical (unpaired) electrons. The first kappa shape index (κ1) is 15.5. The topological polar surface area (TPSA) is 21.3 Å². The summed E-state index contributed by atoms with van der Waals surface area (Å²) >= 11 is 6.92. The lowest BCUT2D eigenvalue weighted by Crippen LogP contribution is -2.14. The molecule has 0 atom stereocenters. The molecule has 0 aliphatic carbocycles. The summed E-state index contributed by atoms with van der Waals surface area (Å²) in [6.07, 6.45) is 1.12. The maximum absolute atomic E-state index is 5.99. The third kappa shape index (κ3) is 4.62. The molecule has 0 heterocycles. The largest absolute Gasteiger partial charge is 0.457 e. The van der Waals surface area contributed by atoms with E-state index in [0.717, 1.165) is 45.5 Å². The normalized spacial score (nSPS) is 10.6. The van der Waals surface area contributed by atoms with Crippen LogP contribution in [0.15, 0.2) is 51.4 Å². The number of hydrogen-bond donors (Lipinski definition) is 1. The van der Waals surface area contributed by atoms with Crippen LogP contribution in [0.5, 0.6) is 11.5 Å². The van der Waals surface area contributed by atoms with Gasteiger partial charge in [-0.1, -0.05) is 44.8 Å². The summed E-state index contributed by atoms with van der Waals surface area (Å²) in [4.78, 5) is 0. The predicted molar refractivity (Wildman–Crippen MR) is 90.4 cm³/mol. The zero-order valence-electron chi connectivity index (χ0n) is 11.3. The minimum absolute atomic E-state index is 0.812. The lowest BCUT2D eigenvalue weighted by molar-refractivity contribution is 0.472. The summed E-state index contributed by atoms with van der Waals surface area (Å²) in [5, 5.41) is 3.40. The Hall–Kier alpha value is -0.840. The smallest absolute Gasteiger partial charge is 0.133 e. The third-order valence-corrected chi connectivity index (χ3v) is 3.83. The van der Waals surface area contributed by atoms with Crippen molar-refractivity contribution >= 4 is 31.9 Å². The van der Waals surface area contributed by atoms with Gasteiger partial charge in [0.2, 0.25) is 0 Å². The van der Waals surface area contributed by atoms with E-state index in [2.05, 4.69) is 50.2 Å². The van der Waals surface area contributed by atoms with Gasteiger partial charge in [-0.15, -0.1) is 0 Å². The summed E-state index contributed by atoms with van der Waals surface area (Å²) in [7, 11) is 0. The number of halogens is 2. The first-order chi connectivity index (χ1) is 9.69. The molecule has 2 aromatic rings. The van der Waals surface area contributed by atoms with Crippen molar-refractivity contribution in [1.82, 2.24) is 5.32 Å². The van der Waals surface area contributed by atoms with Crippen LogP contribution in [-0.4, -0.2) is 6.54 Å². The first-order valence-electron chi connectivity index (χ1n) is 6.61. The van der Waals surface area contributed by atoms with Crippen LogP contribution >= 0.6 is 31.9 Å². The molecule has 1 N–H and O–H groups in total. The van der Waals surface area contributed by atoms with Gasteiger partial charge >= 0.3 is 0 Å². The Balaban J connectivity index is 2.15. The van der Waals surface area contributed by atoms with Gasteiger partial charge in [-0.2, -0.15) is 0 Å². The molecule has 0 aliphatic rings. The molecule has 20 heavy (non-hydrogen) atoms. The molecule has 0 spiro atoms. The molecule has 0 saturated carbocycles. The van der Waals surface area contributed by atoms with Gasteiger partial charge in [-0.05, 0) is 49.4 Å². The molecule has 0 aliphatic heterocycles. The Bertz CT molecular complexity index is 555. The van der Waals surface area contributed by atoms with E-state index in [4.69, 9.17) is 4.74 Å². The molecule has 2 aromatic carbocycles. The third-order valence-electron chi connectivity index (χ3n) is 2.81. The molecule has 106 valence electrons. The molecule has 0 saturated heterocycles. The van der Waals surface area contributed by atoms with Crippen molar-refractivity contribution < 1.29 is 4.74 Å². The van der Waals surface area contributed by atoms with E-state index in [1.165, 1.54) is 0 Å². The van der Waals surface area contributed by atoms with E-state index in [1.54, 1.807) is 0 Å². The first-order valence-corrected chi connectivity index (χ1v) is 8.20. The standard InChI is InChI=1S/C16H17Br2NO/c1-2-9-19-11-12-3-4-14(18)10-16(12)20-15-7-5-13(17)6-8-15/h3-8,10,19H,2,9,11H2,1H3. The highest BCUT2D eigenvalue weighted by Crippen LogP contribution is 2.29. The van der Waals surface area contributed by atoms with Crippen molar-refractivity contribution in [1.29, 1.82) is 0 Å². The number of rotatable bonds is 6. The minimum atomic E-state index is 0.812. The summed E-state index contributed by atoms with van der Waals surface area (Å²) in [6.45, 7) is 3.98. The van der Waals surface area contributed by atoms with Crippen molar-refractivity contribution in [2.24, 2.45) is 0 Å². The van der Waals surface area contributed by atoms with Crippen molar-refractivity contribution in [3.63, 3.8) is 0 Å². The average Bonchev–Trinajstić information content (AvgIpc) is 2.44. The van der Waals surface area contributed by atoms with E-state index in [-0.39, 0.29) is 0 Å². The van der Waals surface area contributed by atoms with Gasteiger partial charge in [-0.3, -0.25) is 0 Å². The molecule has 0 unspecified atom stereocenters. The van der Waals surface area contributed by atoms with Crippen molar-refractivity contribution in [3.05, 3.63) is 57.0 Å². The van der Waals surface area contributed by atoms with Crippen LogP contribution in [-0.2, 0) is 6.54 Å². The van der Waals surface area contributed by atoms with E-state index in [1.807, 2.05) is 36.4 Å². The molecule has 2 rings (SSSR count). The summed E-state index contributed by atoms with van der Waals surface area (Å²) < 4.78 is 8.05. The Morgan fingerprint density at radius 1 is 1.00 bits per heavy atom. The van der Waals surface area contributed by atoms with Crippen molar-refractivity contribution in [3.8, 4) is 11.5 Å². The predicted octanol–water partition coefficient (Wildman–Crippen LogP) is 5.50. The van der Waals surface area contributed by atoms with Crippen LogP contribution in [0.1, 0.15) is 18.9 Å². The molecular weight excluding hydrogens is 382 g/mol. The van der Waals surface area contributed by atoms with Crippen LogP contribution in [0.2, 0.25) is 0 Å². The number of ether oxygens (including phenoxy) is 1. The second-order valence-corrected chi connectivity index (χ2v) is 6.32. The van der Waals surface area contributed by atoms with Crippen LogP contribution in [0.3, 0.4) is 0 Å². The van der Waals surface area contributed by atoms with Crippen LogP contribution in [0.4, 0.5) is 0 Å². The highest BCUT2D eigenvalue weighted by molar-refractivity contribution is 9.10. The zero-order valence-corrected chi connectivity index (χ0v) is 14.5. The summed E-state index contributed by atoms with van der Waals surface area (Å²) in [5.41, 5.74) is 1.16. The van der Waals surface area contributed by atoms with Crippen LogP contribution < -0.4 is 10.1 Å². The quantitative estimate of drug-likeness (QED) is 0.648. The van der Waals surface area contributed by atoms with Gasteiger partial charge in [-0.25, -0.2) is 0 Å². The fraction of sp³-hybridized carbons (Fsp3) is 0.250. The number of nitrogens with one attached hydrogen (secondary N) is 1. The van der Waals surface area contributed by atoms with Gasteiger partial charge in [0.15, 0.2) is 0 Å². The SMILES string of the molecule is CCCNCc1ccc(Br)cc1Oc1ccc(Br)cc1. The Morgan fingerprint density at radius 3 is 2.40 bits per heavy atom. The lowest BCUT2D eigenvalue weighted by Gasteiger charge is -2.12. The van der Waals surface area contributed by atoms with E-state index >= 15 is 0 Å². The van der Waals surface area contributed by atoms with Crippen molar-refractivity contribution in [2.75, 3.05) is 6.54 Å². The monoisotopic (exact) mass is 397 g/mol. The molecular formula is C16H17Br2NO. The highest BCUT2D eigenvalue weighted by Gasteiger charge is 2.06. The molecule has 0 aromatic heterocycles. The van der Waals surface area contributed by atoms with Gasteiger partial charge in [0, 0.05) is 21.1 Å². The average molecular weight is 399 g/mol. The molecule has 0 bridgehead atoms. The van der Waals surface area contributed by atoms with Gasteiger partial charge in [0.1, 0.15) is 11.5 Å². The van der Waals surface area contributed by atoms with E-state index < -0.39 is 0 Å². The van der Waals surface area contributed by atoms with E-state index in [0.29, 0.717) is 0 Å². The van der Waals surface area contributed by atoms with E-state index in [9.17, 15) is 0 Å². The summed E-state index contributed by atoms with van der Waals surface area (Å²) in [5.74, 6) is 1.72. The second kappa shape index (κ2) is 7.81. The number of hydrogen-bond acceptors (Lipinski definition) is 2. The molecule has 0 amide bonds. The fourth-order valence-electron chi connectivity index (χ4n) is 1.80. The Kier molecular flexibility index (Phi) is 6.07. The van der Waals surface area contributed by atoms with Gasteiger partial charge < -0.3 is 10.1 Å². The maximum atomic E-state index is 5.99. The zero-order chi connectivity index (χ0) is 14.4. The van der Waals surface area contributed by atoms with Crippen LogP contribution in [0.25, 0.3) is 0 Å². The minimum Gasteiger partial charge on any atom is -0.457 e. The van der Waals surface area contributed by atoms with Crippen molar-refractivity contribution in [2.45, 2.75) is 19.9 Å². The number of benzene rings is 2. The summed E-state index contributed by atoms with van der Waals surface area (Å²) in [6, 6.07) is 14.0. The van der Waals surface area contributed by atoms with Gasteiger partial charge in [0.25, 0.3) is 0 Å². The Morgan fingerprint density at radius 2 is 1.70 bits per heavy atom. The maximum Gasteiger partial charge on any atom is 0.133 e. The second-order valence-electron chi connectivity index (χ2n) is 4.48. The Labute approximate surface area is 136 Å². The van der Waals surface area contributed by atoms with Crippen LogP contribution in [0, 0.1) is 0 Å². The van der Waals surface area contributed by atoms with Gasteiger partial charge in [0.05, 0.1) is 0 Å². The highest BCUT2D eigenvalue weighted by atomic mass is 79.9. The fourth-order valence-corrected chi connectivity index (χ4v) is 2.40. The molecule has 0 fully saturated rings. The molecule has 2 nitrogen and oxygen atoms in total. The lowest BCUT2D eigenvalue weighted by atomic mass is 10.2.